The highest BCUT2D eigenvalue weighted by Gasteiger charge is 2.15. The third-order valence-corrected chi connectivity index (χ3v) is 2.31. The minimum atomic E-state index is -0.566. The molecule has 0 bridgehead atoms. The molecule has 0 aliphatic carbocycles. The molecule has 0 spiro atoms. The Kier molecular flexibility index (Phi) is 5.29. The van der Waals surface area contributed by atoms with Gasteiger partial charge < -0.3 is 15.8 Å². The molecule has 0 aromatic heterocycles. The molecule has 21 heavy (non-hydrogen) atoms. The van der Waals surface area contributed by atoms with Crippen LogP contribution in [0.1, 0.15) is 26.3 Å². The van der Waals surface area contributed by atoms with E-state index in [1.54, 1.807) is 45.1 Å². The molecule has 0 aliphatic heterocycles. The number of alkyl carbamates (subject to hydrolysis) is 1. The smallest absolute Gasteiger partial charge is 0.407 e. The van der Waals surface area contributed by atoms with Crippen molar-refractivity contribution in [3.05, 3.63) is 40.0 Å². The van der Waals surface area contributed by atoms with Gasteiger partial charge in [-0.1, -0.05) is 12.2 Å². The van der Waals surface area contributed by atoms with Crippen LogP contribution in [0.3, 0.4) is 0 Å². The molecule has 0 atom stereocenters. The van der Waals surface area contributed by atoms with Gasteiger partial charge in [-0.3, -0.25) is 10.1 Å². The molecule has 1 rings (SSSR count). The first-order chi connectivity index (χ1) is 9.69. The Morgan fingerprint density at radius 2 is 2.14 bits per heavy atom. The van der Waals surface area contributed by atoms with E-state index in [0.717, 1.165) is 0 Å². The average Bonchev–Trinajstić information content (AvgIpc) is 2.33. The zero-order valence-electron chi connectivity index (χ0n) is 12.3. The predicted molar refractivity (Wildman–Crippen MR) is 80.8 cm³/mol. The third-order valence-electron chi connectivity index (χ3n) is 2.31. The van der Waals surface area contributed by atoms with Crippen LogP contribution in [0.15, 0.2) is 24.3 Å². The van der Waals surface area contributed by atoms with Gasteiger partial charge in [0.1, 0.15) is 5.60 Å². The van der Waals surface area contributed by atoms with Crippen molar-refractivity contribution in [3.8, 4) is 0 Å². The molecule has 1 amide bonds. The lowest BCUT2D eigenvalue weighted by Gasteiger charge is -2.19. The van der Waals surface area contributed by atoms with Crippen LogP contribution in [0.4, 0.5) is 16.2 Å². The molecule has 114 valence electrons. The predicted octanol–water partition coefficient (Wildman–Crippen LogP) is 2.71. The number of rotatable bonds is 4. The summed E-state index contributed by atoms with van der Waals surface area (Å²) in [6.45, 7) is 5.50. The number of nitro groups is 1. The van der Waals surface area contributed by atoms with Crippen molar-refractivity contribution >= 4 is 23.5 Å². The summed E-state index contributed by atoms with van der Waals surface area (Å²) in [5.41, 5.74) is 5.61. The second kappa shape index (κ2) is 6.74. The quantitative estimate of drug-likeness (QED) is 0.504. The number of amides is 1. The molecule has 0 fully saturated rings. The maximum atomic E-state index is 11.4. The van der Waals surface area contributed by atoms with E-state index in [-0.39, 0.29) is 12.2 Å². The lowest BCUT2D eigenvalue weighted by molar-refractivity contribution is -0.385. The molecule has 0 unspecified atom stereocenters. The Bertz CT molecular complexity index is 562. The van der Waals surface area contributed by atoms with Gasteiger partial charge in [-0.15, -0.1) is 0 Å². The van der Waals surface area contributed by atoms with Crippen LogP contribution in [0, 0.1) is 10.1 Å². The van der Waals surface area contributed by atoms with Crippen LogP contribution in [0.25, 0.3) is 6.08 Å². The van der Waals surface area contributed by atoms with E-state index in [0.29, 0.717) is 11.3 Å². The summed E-state index contributed by atoms with van der Waals surface area (Å²) in [6.07, 6.45) is 2.61. The fraction of sp³-hybridized carbons (Fsp3) is 0.357. The van der Waals surface area contributed by atoms with Gasteiger partial charge in [-0.05, 0) is 32.9 Å². The summed E-state index contributed by atoms with van der Waals surface area (Å²) in [6, 6.07) is 4.42. The van der Waals surface area contributed by atoms with Crippen LogP contribution in [0.5, 0.6) is 0 Å². The van der Waals surface area contributed by atoms with Crippen LogP contribution in [0.2, 0.25) is 0 Å². The Morgan fingerprint density at radius 1 is 1.48 bits per heavy atom. The zero-order chi connectivity index (χ0) is 16.0. The van der Waals surface area contributed by atoms with E-state index in [2.05, 4.69) is 5.32 Å². The van der Waals surface area contributed by atoms with Crippen molar-refractivity contribution < 1.29 is 14.5 Å². The van der Waals surface area contributed by atoms with Gasteiger partial charge in [-0.2, -0.15) is 0 Å². The molecular weight excluding hydrogens is 274 g/mol. The van der Waals surface area contributed by atoms with Crippen molar-refractivity contribution in [1.29, 1.82) is 0 Å². The summed E-state index contributed by atoms with van der Waals surface area (Å²) in [5.74, 6) is 0. The molecule has 7 nitrogen and oxygen atoms in total. The largest absolute Gasteiger partial charge is 0.444 e. The van der Waals surface area contributed by atoms with E-state index in [1.165, 1.54) is 6.07 Å². The Hall–Kier alpha value is -2.57. The molecule has 0 radical (unpaired) electrons. The highest BCUT2D eigenvalue weighted by Crippen LogP contribution is 2.22. The number of nitro benzene ring substituents is 1. The van der Waals surface area contributed by atoms with Crippen molar-refractivity contribution in [2.45, 2.75) is 26.4 Å². The molecule has 0 aliphatic rings. The number of carbonyl (C=O) groups excluding carboxylic acids is 1. The zero-order valence-corrected chi connectivity index (χ0v) is 12.3. The monoisotopic (exact) mass is 293 g/mol. The number of carbonyl (C=O) groups is 1. The first-order valence-corrected chi connectivity index (χ1v) is 6.36. The molecule has 1 aromatic carbocycles. The van der Waals surface area contributed by atoms with Crippen LogP contribution >= 0.6 is 0 Å². The number of anilines is 1. The molecule has 3 N–H and O–H groups in total. The minimum absolute atomic E-state index is 0.0801. The van der Waals surface area contributed by atoms with Gasteiger partial charge in [0.05, 0.1) is 10.5 Å². The average molecular weight is 293 g/mol. The molecule has 0 saturated carbocycles. The van der Waals surface area contributed by atoms with E-state index in [4.69, 9.17) is 10.5 Å². The number of hydrogen-bond donors (Lipinski definition) is 2. The second-order valence-corrected chi connectivity index (χ2v) is 5.36. The fourth-order valence-electron chi connectivity index (χ4n) is 1.50. The van der Waals surface area contributed by atoms with Crippen molar-refractivity contribution in [2.24, 2.45) is 0 Å². The Balaban J connectivity index is 2.62. The standard InChI is InChI=1S/C14H19N3O4/c1-14(2,3)21-13(18)16-8-4-5-10-6-7-11(15)9-12(10)17(19)20/h4-7,9H,8,15H2,1-3H3,(H,16,18). The summed E-state index contributed by atoms with van der Waals surface area (Å²) < 4.78 is 5.06. The van der Waals surface area contributed by atoms with Gasteiger partial charge >= 0.3 is 6.09 Å². The highest BCUT2D eigenvalue weighted by molar-refractivity contribution is 5.69. The van der Waals surface area contributed by atoms with E-state index >= 15 is 0 Å². The fourth-order valence-corrected chi connectivity index (χ4v) is 1.50. The van der Waals surface area contributed by atoms with Gasteiger partial charge in [0.25, 0.3) is 5.69 Å². The van der Waals surface area contributed by atoms with Crippen molar-refractivity contribution in [3.63, 3.8) is 0 Å². The summed E-state index contributed by atoms with van der Waals surface area (Å²) in [5, 5.41) is 13.4. The van der Waals surface area contributed by atoms with E-state index < -0.39 is 16.6 Å². The van der Waals surface area contributed by atoms with Gasteiger partial charge in [0, 0.05) is 18.3 Å². The lowest BCUT2D eigenvalue weighted by atomic mass is 10.1. The number of nitrogens with zero attached hydrogens (tertiary/aromatic N) is 1. The third kappa shape index (κ3) is 5.94. The van der Waals surface area contributed by atoms with E-state index in [9.17, 15) is 14.9 Å². The first-order valence-electron chi connectivity index (χ1n) is 6.36. The van der Waals surface area contributed by atoms with Gasteiger partial charge in [-0.25, -0.2) is 4.79 Å². The number of ether oxygens (including phenoxy) is 1. The minimum Gasteiger partial charge on any atom is -0.444 e. The Morgan fingerprint density at radius 3 is 2.71 bits per heavy atom. The maximum Gasteiger partial charge on any atom is 0.407 e. The highest BCUT2D eigenvalue weighted by atomic mass is 16.6. The normalized spacial score (nSPS) is 11.4. The number of nitrogens with one attached hydrogen (secondary N) is 1. The molecular formula is C14H19N3O4. The van der Waals surface area contributed by atoms with Gasteiger partial charge in [0.2, 0.25) is 0 Å². The lowest BCUT2D eigenvalue weighted by Crippen LogP contribution is -2.32. The number of benzene rings is 1. The maximum absolute atomic E-state index is 11.4. The number of nitrogens with two attached hydrogens (primary N) is 1. The summed E-state index contributed by atoms with van der Waals surface area (Å²) >= 11 is 0. The molecule has 7 heteroatoms. The second-order valence-electron chi connectivity index (χ2n) is 5.36. The number of hydrogen-bond acceptors (Lipinski definition) is 5. The van der Waals surface area contributed by atoms with Crippen molar-refractivity contribution in [2.75, 3.05) is 12.3 Å². The van der Waals surface area contributed by atoms with Crippen LogP contribution < -0.4 is 11.1 Å². The van der Waals surface area contributed by atoms with Crippen LogP contribution in [-0.4, -0.2) is 23.2 Å². The first kappa shape index (κ1) is 16.5. The van der Waals surface area contributed by atoms with Gasteiger partial charge in [0.15, 0.2) is 0 Å². The molecule has 1 aromatic rings. The van der Waals surface area contributed by atoms with Crippen LogP contribution in [-0.2, 0) is 4.74 Å². The molecule has 0 saturated heterocycles. The van der Waals surface area contributed by atoms with E-state index in [1.807, 2.05) is 0 Å². The number of nitrogen functional groups attached to an aromatic ring is 1. The summed E-state index contributed by atoms with van der Waals surface area (Å²) in [4.78, 5) is 21.8. The Labute approximate surface area is 122 Å². The SMILES string of the molecule is CC(C)(C)OC(=O)NCC=Cc1ccc(N)cc1[N+](=O)[O-]. The molecule has 0 heterocycles. The summed E-state index contributed by atoms with van der Waals surface area (Å²) in [7, 11) is 0. The topological polar surface area (TPSA) is 107 Å². The van der Waals surface area contributed by atoms with Crippen molar-refractivity contribution in [1.82, 2.24) is 5.32 Å².